The summed E-state index contributed by atoms with van der Waals surface area (Å²) in [7, 11) is 2.01. The average Bonchev–Trinajstić information content (AvgIpc) is 3.12. The second kappa shape index (κ2) is 6.47. The van der Waals surface area contributed by atoms with Crippen LogP contribution in [0.25, 0.3) is 10.7 Å². The molecular weight excluding hydrogens is 272 g/mol. The van der Waals surface area contributed by atoms with Gasteiger partial charge in [-0.2, -0.15) is 4.98 Å². The molecule has 0 spiro atoms. The van der Waals surface area contributed by atoms with Crippen LogP contribution >= 0.6 is 11.3 Å². The molecule has 0 amide bonds. The molecule has 108 valence electrons. The van der Waals surface area contributed by atoms with E-state index in [4.69, 9.17) is 4.52 Å². The van der Waals surface area contributed by atoms with Crippen LogP contribution in [-0.4, -0.2) is 41.2 Å². The fraction of sp³-hybridized carbons (Fsp3) is 0.571. The number of likely N-dealkylation sites (N-methyl/N-ethyl adjacent to an activating group) is 1. The summed E-state index contributed by atoms with van der Waals surface area (Å²) in [6.07, 6.45) is 3.81. The summed E-state index contributed by atoms with van der Waals surface area (Å²) in [6.45, 7) is 2.89. The van der Waals surface area contributed by atoms with Crippen LogP contribution in [0.3, 0.4) is 0 Å². The zero-order valence-corrected chi connectivity index (χ0v) is 12.5. The van der Waals surface area contributed by atoms with Crippen molar-refractivity contribution in [1.29, 1.82) is 0 Å². The Morgan fingerprint density at radius 3 is 3.25 bits per heavy atom. The van der Waals surface area contributed by atoms with Crippen molar-refractivity contribution in [3.63, 3.8) is 0 Å². The van der Waals surface area contributed by atoms with Gasteiger partial charge in [0.05, 0.1) is 11.4 Å². The molecule has 2 aromatic heterocycles. The highest BCUT2D eigenvalue weighted by molar-refractivity contribution is 7.13. The first-order valence-electron chi connectivity index (χ1n) is 7.12. The second-order valence-electron chi connectivity index (χ2n) is 5.17. The predicted molar refractivity (Wildman–Crippen MR) is 79.6 cm³/mol. The van der Waals surface area contributed by atoms with Crippen molar-refractivity contribution in [2.45, 2.75) is 31.8 Å². The van der Waals surface area contributed by atoms with E-state index in [1.54, 1.807) is 11.3 Å². The standard InChI is InChI=1S/C14H20N4OS/c1-15-9-11-5-2-3-7-18(11)10-13-16-14(17-19-13)12-6-4-8-20-12/h4,6,8,11,15H,2-3,5,7,9-10H2,1H3. The molecule has 6 heteroatoms. The van der Waals surface area contributed by atoms with Gasteiger partial charge in [0.2, 0.25) is 11.7 Å². The van der Waals surface area contributed by atoms with Gasteiger partial charge in [0.25, 0.3) is 0 Å². The van der Waals surface area contributed by atoms with Gasteiger partial charge < -0.3 is 9.84 Å². The van der Waals surface area contributed by atoms with Crippen molar-refractivity contribution < 1.29 is 4.52 Å². The minimum atomic E-state index is 0.575. The lowest BCUT2D eigenvalue weighted by Crippen LogP contribution is -2.44. The van der Waals surface area contributed by atoms with Gasteiger partial charge in [0.1, 0.15) is 0 Å². The number of aromatic nitrogens is 2. The van der Waals surface area contributed by atoms with Crippen molar-refractivity contribution in [3.05, 3.63) is 23.4 Å². The maximum absolute atomic E-state index is 5.40. The van der Waals surface area contributed by atoms with Gasteiger partial charge in [-0.05, 0) is 37.9 Å². The maximum atomic E-state index is 5.40. The Kier molecular flexibility index (Phi) is 4.44. The Labute approximate surface area is 123 Å². The number of thiophene rings is 1. The smallest absolute Gasteiger partial charge is 0.241 e. The van der Waals surface area contributed by atoms with Gasteiger partial charge in [-0.1, -0.05) is 17.6 Å². The summed E-state index contributed by atoms with van der Waals surface area (Å²) in [4.78, 5) is 8.02. The summed E-state index contributed by atoms with van der Waals surface area (Å²) in [5.74, 6) is 1.42. The molecule has 1 aliphatic heterocycles. The number of likely N-dealkylation sites (tertiary alicyclic amines) is 1. The van der Waals surface area contributed by atoms with Crippen LogP contribution in [0.2, 0.25) is 0 Å². The first kappa shape index (κ1) is 13.7. The highest BCUT2D eigenvalue weighted by Gasteiger charge is 2.23. The van der Waals surface area contributed by atoms with Crippen LogP contribution in [0.5, 0.6) is 0 Å². The Morgan fingerprint density at radius 1 is 1.50 bits per heavy atom. The zero-order valence-electron chi connectivity index (χ0n) is 11.7. The van der Waals surface area contributed by atoms with Crippen molar-refractivity contribution in [2.24, 2.45) is 0 Å². The number of hydrogen-bond acceptors (Lipinski definition) is 6. The van der Waals surface area contributed by atoms with Crippen molar-refractivity contribution >= 4 is 11.3 Å². The molecule has 1 saturated heterocycles. The van der Waals surface area contributed by atoms with E-state index in [1.807, 2.05) is 24.6 Å². The third-order valence-corrected chi connectivity index (χ3v) is 4.60. The van der Waals surface area contributed by atoms with E-state index >= 15 is 0 Å². The molecule has 0 radical (unpaired) electrons. The molecule has 20 heavy (non-hydrogen) atoms. The van der Waals surface area contributed by atoms with E-state index in [9.17, 15) is 0 Å². The quantitative estimate of drug-likeness (QED) is 0.917. The molecule has 1 unspecified atom stereocenters. The van der Waals surface area contributed by atoms with Gasteiger partial charge in [-0.3, -0.25) is 4.90 Å². The monoisotopic (exact) mass is 292 g/mol. The Morgan fingerprint density at radius 2 is 2.45 bits per heavy atom. The number of nitrogens with one attached hydrogen (secondary N) is 1. The van der Waals surface area contributed by atoms with Crippen molar-refractivity contribution in [2.75, 3.05) is 20.1 Å². The molecule has 5 nitrogen and oxygen atoms in total. The minimum Gasteiger partial charge on any atom is -0.338 e. The Bertz CT molecular complexity index is 523. The third-order valence-electron chi connectivity index (χ3n) is 3.74. The highest BCUT2D eigenvalue weighted by Crippen LogP contribution is 2.23. The normalized spacial score (nSPS) is 20.4. The van der Waals surface area contributed by atoms with Crippen LogP contribution in [0.15, 0.2) is 22.0 Å². The molecule has 1 fully saturated rings. The van der Waals surface area contributed by atoms with E-state index in [0.717, 1.165) is 30.4 Å². The van der Waals surface area contributed by atoms with Crippen molar-refractivity contribution in [1.82, 2.24) is 20.4 Å². The molecule has 3 heterocycles. The number of piperidine rings is 1. The fourth-order valence-electron chi connectivity index (χ4n) is 2.73. The lowest BCUT2D eigenvalue weighted by Gasteiger charge is -2.34. The summed E-state index contributed by atoms with van der Waals surface area (Å²) in [5.41, 5.74) is 0. The fourth-order valence-corrected chi connectivity index (χ4v) is 3.38. The minimum absolute atomic E-state index is 0.575. The number of rotatable bonds is 5. The SMILES string of the molecule is CNCC1CCCCN1Cc1nc(-c2cccs2)no1. The summed E-state index contributed by atoms with van der Waals surface area (Å²) >= 11 is 1.64. The first-order chi connectivity index (χ1) is 9.86. The van der Waals surface area contributed by atoms with Crippen LogP contribution < -0.4 is 5.32 Å². The molecule has 1 atom stereocenters. The Hall–Kier alpha value is -1.24. The van der Waals surface area contributed by atoms with Gasteiger partial charge in [-0.15, -0.1) is 11.3 Å². The van der Waals surface area contributed by atoms with Gasteiger partial charge in [0, 0.05) is 12.6 Å². The largest absolute Gasteiger partial charge is 0.338 e. The number of hydrogen-bond donors (Lipinski definition) is 1. The lowest BCUT2D eigenvalue weighted by atomic mass is 10.0. The molecule has 3 rings (SSSR count). The maximum Gasteiger partial charge on any atom is 0.241 e. The molecule has 0 aromatic carbocycles. The third kappa shape index (κ3) is 3.08. The van der Waals surface area contributed by atoms with E-state index in [-0.39, 0.29) is 0 Å². The molecule has 0 saturated carbocycles. The average molecular weight is 292 g/mol. The van der Waals surface area contributed by atoms with E-state index < -0.39 is 0 Å². The van der Waals surface area contributed by atoms with Gasteiger partial charge >= 0.3 is 0 Å². The van der Waals surface area contributed by atoms with E-state index in [2.05, 4.69) is 20.4 Å². The number of nitrogens with zero attached hydrogens (tertiary/aromatic N) is 3. The van der Waals surface area contributed by atoms with Crippen molar-refractivity contribution in [3.8, 4) is 10.7 Å². The van der Waals surface area contributed by atoms with E-state index in [1.165, 1.54) is 19.3 Å². The molecule has 0 bridgehead atoms. The van der Waals surface area contributed by atoms with Crippen LogP contribution in [0.1, 0.15) is 25.2 Å². The first-order valence-corrected chi connectivity index (χ1v) is 8.00. The highest BCUT2D eigenvalue weighted by atomic mass is 32.1. The van der Waals surface area contributed by atoms with E-state index in [0.29, 0.717) is 11.9 Å². The molecule has 1 aliphatic rings. The zero-order chi connectivity index (χ0) is 13.8. The molecule has 0 aliphatic carbocycles. The summed E-state index contributed by atoms with van der Waals surface area (Å²) in [5, 5.41) is 9.38. The molecule has 1 N–H and O–H groups in total. The van der Waals surface area contributed by atoms with Crippen LogP contribution in [-0.2, 0) is 6.54 Å². The second-order valence-corrected chi connectivity index (χ2v) is 6.11. The van der Waals surface area contributed by atoms with Crippen LogP contribution in [0, 0.1) is 0 Å². The topological polar surface area (TPSA) is 54.2 Å². The summed E-state index contributed by atoms with van der Waals surface area (Å²) < 4.78 is 5.40. The summed E-state index contributed by atoms with van der Waals surface area (Å²) in [6, 6.07) is 4.60. The van der Waals surface area contributed by atoms with Gasteiger partial charge in [-0.25, -0.2) is 0 Å². The molecular formula is C14H20N4OS. The van der Waals surface area contributed by atoms with Gasteiger partial charge in [0.15, 0.2) is 0 Å². The lowest BCUT2D eigenvalue weighted by molar-refractivity contribution is 0.123. The Balaban J connectivity index is 1.67. The predicted octanol–water partition coefficient (Wildman–Crippen LogP) is 2.37. The van der Waals surface area contributed by atoms with Crippen LogP contribution in [0.4, 0.5) is 0 Å². The molecule has 2 aromatic rings.